The maximum Gasteiger partial charge on any atom is 0.410 e. The van der Waals surface area contributed by atoms with E-state index >= 15 is 0 Å². The smallest absolute Gasteiger partial charge is 0.410 e. The zero-order valence-corrected chi connectivity index (χ0v) is 13.2. The van der Waals surface area contributed by atoms with Gasteiger partial charge in [0.25, 0.3) is 0 Å². The van der Waals surface area contributed by atoms with Gasteiger partial charge in [-0.25, -0.2) is 9.59 Å². The molecule has 24 heavy (non-hydrogen) atoms. The second kappa shape index (κ2) is 6.12. The number of carboxylic acids is 1. The fourth-order valence-electron chi connectivity index (χ4n) is 3.06. The van der Waals surface area contributed by atoms with Gasteiger partial charge in [-0.3, -0.25) is 14.6 Å². The van der Waals surface area contributed by atoms with Crippen molar-refractivity contribution in [2.24, 2.45) is 0 Å². The van der Waals surface area contributed by atoms with Crippen molar-refractivity contribution >= 4 is 18.0 Å². The number of aliphatic carboxylic acids is 1. The lowest BCUT2D eigenvalue weighted by Crippen LogP contribution is -2.64. The van der Waals surface area contributed by atoms with Gasteiger partial charge in [0.05, 0.1) is 13.2 Å². The fourth-order valence-corrected chi connectivity index (χ4v) is 3.06. The van der Waals surface area contributed by atoms with E-state index in [0.717, 1.165) is 5.56 Å². The first kappa shape index (κ1) is 16.3. The minimum atomic E-state index is -1.15. The molecule has 8 nitrogen and oxygen atoms in total. The van der Waals surface area contributed by atoms with E-state index in [1.54, 1.807) is 6.92 Å². The molecule has 2 saturated heterocycles. The highest BCUT2D eigenvalue weighted by Crippen LogP contribution is 2.32. The van der Waals surface area contributed by atoms with E-state index in [1.807, 2.05) is 30.3 Å². The largest absolute Gasteiger partial charge is 0.480 e. The predicted octanol–water partition coefficient (Wildman–Crippen LogP) is 0.667. The van der Waals surface area contributed by atoms with Crippen molar-refractivity contribution in [3.05, 3.63) is 35.9 Å². The van der Waals surface area contributed by atoms with Gasteiger partial charge in [-0.15, -0.1) is 0 Å². The van der Waals surface area contributed by atoms with Crippen molar-refractivity contribution < 1.29 is 29.0 Å². The first-order valence-corrected chi connectivity index (χ1v) is 7.55. The second-order valence-electron chi connectivity index (χ2n) is 6.00. The van der Waals surface area contributed by atoms with E-state index in [-0.39, 0.29) is 26.3 Å². The van der Waals surface area contributed by atoms with Gasteiger partial charge < -0.3 is 14.6 Å². The van der Waals surface area contributed by atoms with Crippen LogP contribution in [0.3, 0.4) is 0 Å². The van der Waals surface area contributed by atoms with Crippen molar-refractivity contribution in [1.82, 2.24) is 9.80 Å². The van der Waals surface area contributed by atoms with Gasteiger partial charge in [0, 0.05) is 0 Å². The van der Waals surface area contributed by atoms with Crippen molar-refractivity contribution in [3.8, 4) is 0 Å². The lowest BCUT2D eigenvalue weighted by atomic mass is 10.1. The molecule has 0 radical (unpaired) electrons. The fraction of sp³-hybridized carbons (Fsp3) is 0.438. The van der Waals surface area contributed by atoms with Gasteiger partial charge in [-0.2, -0.15) is 0 Å². The summed E-state index contributed by atoms with van der Waals surface area (Å²) in [5.41, 5.74) is -0.311. The lowest BCUT2D eigenvalue weighted by molar-refractivity contribution is -0.167. The van der Waals surface area contributed by atoms with Gasteiger partial charge in [-0.05, 0) is 12.5 Å². The summed E-state index contributed by atoms with van der Waals surface area (Å²) in [4.78, 5) is 38.2. The summed E-state index contributed by atoms with van der Waals surface area (Å²) in [6.45, 7) is 1.45. The Morgan fingerprint density at radius 2 is 2.08 bits per heavy atom. The predicted molar refractivity (Wildman–Crippen MR) is 80.8 cm³/mol. The van der Waals surface area contributed by atoms with E-state index < -0.39 is 29.7 Å². The second-order valence-corrected chi connectivity index (χ2v) is 6.00. The third-order valence-electron chi connectivity index (χ3n) is 4.20. The normalized spacial score (nSPS) is 26.2. The van der Waals surface area contributed by atoms with E-state index in [2.05, 4.69) is 0 Å². The number of fused-ring (bicyclic) bond motifs is 1. The Labute approximate surface area is 138 Å². The Balaban J connectivity index is 1.66. The van der Waals surface area contributed by atoms with E-state index in [4.69, 9.17) is 9.47 Å². The zero-order chi connectivity index (χ0) is 17.3. The molecule has 0 spiro atoms. The molecule has 8 heteroatoms. The average Bonchev–Trinajstić information content (AvgIpc) is 2.91. The number of amides is 2. The van der Waals surface area contributed by atoms with Crippen LogP contribution in [-0.2, 0) is 25.7 Å². The number of benzene rings is 1. The molecule has 0 aliphatic carbocycles. The third-order valence-corrected chi connectivity index (χ3v) is 4.20. The number of carbonyl (C=O) groups excluding carboxylic acids is 2. The molecule has 2 fully saturated rings. The Morgan fingerprint density at radius 3 is 2.75 bits per heavy atom. The Morgan fingerprint density at radius 1 is 1.38 bits per heavy atom. The minimum absolute atomic E-state index is 0.0656. The van der Waals surface area contributed by atoms with Crippen LogP contribution in [0, 0.1) is 0 Å². The topological polar surface area (TPSA) is 96.4 Å². The average molecular weight is 334 g/mol. The van der Waals surface area contributed by atoms with E-state index in [1.165, 1.54) is 9.80 Å². The maximum absolute atomic E-state index is 12.3. The maximum atomic E-state index is 12.3. The van der Waals surface area contributed by atoms with E-state index in [9.17, 15) is 19.5 Å². The highest BCUT2D eigenvalue weighted by Gasteiger charge is 2.54. The van der Waals surface area contributed by atoms with Crippen molar-refractivity contribution in [2.75, 3.05) is 19.7 Å². The molecule has 2 aliphatic rings. The number of ether oxygens (including phenoxy) is 2. The number of carbonyl (C=O) groups is 3. The molecule has 0 saturated carbocycles. The summed E-state index contributed by atoms with van der Waals surface area (Å²) >= 11 is 0. The van der Waals surface area contributed by atoms with Gasteiger partial charge >= 0.3 is 12.1 Å². The third kappa shape index (κ3) is 2.92. The molecule has 128 valence electrons. The monoisotopic (exact) mass is 334 g/mol. The molecule has 1 aromatic carbocycles. The number of rotatable bonds is 3. The summed E-state index contributed by atoms with van der Waals surface area (Å²) in [5.74, 6) is -1.59. The Hall–Kier alpha value is -2.61. The molecular formula is C16H18N2O6. The van der Waals surface area contributed by atoms with Crippen LogP contribution in [0.5, 0.6) is 0 Å². The molecule has 2 aliphatic heterocycles. The number of hydrogen-bond donors (Lipinski definition) is 1. The highest BCUT2D eigenvalue weighted by atomic mass is 16.6. The summed E-state index contributed by atoms with van der Waals surface area (Å²) in [6.07, 6.45) is -0.629. The van der Waals surface area contributed by atoms with Crippen molar-refractivity contribution in [1.29, 1.82) is 0 Å². The van der Waals surface area contributed by atoms with Crippen LogP contribution in [0.4, 0.5) is 4.79 Å². The Kier molecular flexibility index (Phi) is 4.15. The van der Waals surface area contributed by atoms with Gasteiger partial charge in [-0.1, -0.05) is 30.3 Å². The molecular weight excluding hydrogens is 316 g/mol. The van der Waals surface area contributed by atoms with Crippen molar-refractivity contribution in [2.45, 2.75) is 25.3 Å². The number of piperazine rings is 1. The van der Waals surface area contributed by atoms with Crippen LogP contribution < -0.4 is 0 Å². The molecule has 2 atom stereocenters. The summed E-state index contributed by atoms with van der Waals surface area (Å²) in [6, 6.07) is 8.17. The van der Waals surface area contributed by atoms with Crippen LogP contribution >= 0.6 is 0 Å². The summed E-state index contributed by atoms with van der Waals surface area (Å²) in [7, 11) is 0. The molecule has 0 aromatic heterocycles. The summed E-state index contributed by atoms with van der Waals surface area (Å²) < 4.78 is 10.7. The van der Waals surface area contributed by atoms with Crippen LogP contribution in [0.25, 0.3) is 0 Å². The molecule has 2 amide bonds. The number of hydrogen-bond acceptors (Lipinski definition) is 5. The first-order valence-electron chi connectivity index (χ1n) is 7.55. The van der Waals surface area contributed by atoms with Crippen LogP contribution in [-0.4, -0.2) is 64.3 Å². The summed E-state index contributed by atoms with van der Waals surface area (Å²) in [5, 5.41) is 9.19. The Bertz CT molecular complexity index is 664. The zero-order valence-electron chi connectivity index (χ0n) is 13.2. The molecule has 0 unspecified atom stereocenters. The van der Waals surface area contributed by atoms with Crippen LogP contribution in [0.15, 0.2) is 30.3 Å². The molecule has 3 rings (SSSR count). The van der Waals surface area contributed by atoms with Gasteiger partial charge in [0.1, 0.15) is 13.2 Å². The molecule has 0 bridgehead atoms. The van der Waals surface area contributed by atoms with Crippen LogP contribution in [0.2, 0.25) is 0 Å². The lowest BCUT2D eigenvalue weighted by Gasteiger charge is -2.43. The first-order chi connectivity index (χ1) is 11.4. The van der Waals surface area contributed by atoms with Gasteiger partial charge in [0.15, 0.2) is 11.8 Å². The standard InChI is InChI=1S/C16H18N2O6/c1-16-10-17(15(22)23-8-11-5-3-2-4-6-11)7-13(19)18(16)12(9-24-16)14(20)21/h2-6,12H,7-10H2,1H3,(H,20,21)/t12-,16-/m0/s1. The minimum Gasteiger partial charge on any atom is -0.480 e. The van der Waals surface area contributed by atoms with E-state index in [0.29, 0.717) is 0 Å². The quantitative estimate of drug-likeness (QED) is 0.873. The van der Waals surface area contributed by atoms with Crippen molar-refractivity contribution in [3.63, 3.8) is 0 Å². The number of nitrogens with zero attached hydrogens (tertiary/aromatic N) is 2. The van der Waals surface area contributed by atoms with Gasteiger partial charge in [0.2, 0.25) is 5.91 Å². The molecule has 1 N–H and O–H groups in total. The van der Waals surface area contributed by atoms with Crippen LogP contribution in [0.1, 0.15) is 12.5 Å². The SMILES string of the molecule is C[C@]12CN(C(=O)OCc3ccccc3)CC(=O)N1[C@H](C(=O)O)CO2. The molecule has 2 heterocycles. The molecule has 1 aromatic rings. The highest BCUT2D eigenvalue weighted by molar-refractivity contribution is 5.89. The number of carboxylic acid groups (broad SMARTS) is 1.